The van der Waals surface area contributed by atoms with Crippen molar-refractivity contribution in [2.24, 2.45) is 0 Å². The fourth-order valence-corrected chi connectivity index (χ4v) is 7.47. The van der Waals surface area contributed by atoms with E-state index in [4.69, 9.17) is 5.11 Å². The number of fused-ring (bicyclic) bond motifs is 2. The molecular formula is C42H36Br2F2N6O7. The van der Waals surface area contributed by atoms with E-state index in [1.807, 2.05) is 41.3 Å². The molecule has 2 saturated heterocycles. The Morgan fingerprint density at radius 2 is 0.949 bits per heavy atom. The first-order valence-corrected chi connectivity index (χ1v) is 19.9. The molecule has 8 rings (SSSR count). The van der Waals surface area contributed by atoms with Crippen LogP contribution in [0.1, 0.15) is 41.4 Å². The Hall–Kier alpha value is -6.04. The second kappa shape index (κ2) is 19.1. The van der Waals surface area contributed by atoms with Gasteiger partial charge in [0.15, 0.2) is 0 Å². The van der Waals surface area contributed by atoms with Crippen LogP contribution < -0.4 is 5.32 Å². The Kier molecular flexibility index (Phi) is 13.8. The number of H-pyrrole nitrogens is 2. The van der Waals surface area contributed by atoms with Crippen molar-refractivity contribution < 1.29 is 42.7 Å². The highest BCUT2D eigenvalue weighted by Gasteiger charge is 2.31. The zero-order valence-electron chi connectivity index (χ0n) is 31.1. The highest BCUT2D eigenvalue weighted by molar-refractivity contribution is 9.11. The Balaban J connectivity index is 0.000000164. The van der Waals surface area contributed by atoms with E-state index in [1.165, 1.54) is 41.6 Å². The number of hydrogen-bond acceptors (Lipinski definition) is 7. The van der Waals surface area contributed by atoms with Crippen molar-refractivity contribution in [3.63, 3.8) is 0 Å². The standard InChI is InChI=1S/C21H17BrFN3O3.C11H14N2O.C10H5BrFNO3/c22-15-6-7-16(23)17-14(12-24-18(15)17)19(27)21(29)26-10-8-25(9-11-26)20(28)13-4-2-1-3-5-13;14-11(10-4-2-1-3-5-10)13-8-6-12-7-9-13;11-5-1-2-6(12)7-4(3-13-8(5)7)9(14)10(15)16/h1-7,12,24H,8-11H2;1-5,12H,6-9H2;1-3,13H,(H,15,16). The number of Topliss-reactive ketones (excluding diaryl/α,β-unsaturated/α-hetero) is 2. The molecule has 2 aliphatic rings. The molecule has 6 aromatic rings. The first-order chi connectivity index (χ1) is 28.4. The number of nitrogens with zero attached hydrogens (tertiary/aromatic N) is 3. The molecule has 2 aliphatic heterocycles. The maximum absolute atomic E-state index is 14.3. The lowest BCUT2D eigenvalue weighted by Crippen LogP contribution is -2.52. The van der Waals surface area contributed by atoms with Crippen molar-refractivity contribution in [1.82, 2.24) is 30.0 Å². The number of carbonyl (C=O) groups is 6. The number of nitrogens with one attached hydrogen (secondary N) is 3. The van der Waals surface area contributed by atoms with Crippen molar-refractivity contribution in [1.29, 1.82) is 0 Å². The average molecular weight is 935 g/mol. The number of amides is 3. The number of aromatic amines is 2. The Morgan fingerprint density at radius 3 is 1.39 bits per heavy atom. The van der Waals surface area contributed by atoms with Crippen molar-refractivity contribution in [3.05, 3.63) is 140 Å². The minimum absolute atomic E-state index is 0.00610. The van der Waals surface area contributed by atoms with Crippen LogP contribution in [0.5, 0.6) is 0 Å². The molecule has 4 aromatic carbocycles. The summed E-state index contributed by atoms with van der Waals surface area (Å²) in [6.07, 6.45) is 2.54. The largest absolute Gasteiger partial charge is 0.475 e. The Morgan fingerprint density at radius 1 is 0.542 bits per heavy atom. The van der Waals surface area contributed by atoms with E-state index in [0.717, 1.165) is 31.7 Å². The van der Waals surface area contributed by atoms with Gasteiger partial charge in [-0.2, -0.15) is 0 Å². The van der Waals surface area contributed by atoms with Crippen LogP contribution in [0.25, 0.3) is 21.8 Å². The minimum Gasteiger partial charge on any atom is -0.475 e. The molecule has 13 nitrogen and oxygen atoms in total. The normalized spacial score (nSPS) is 13.9. The summed E-state index contributed by atoms with van der Waals surface area (Å²) in [5, 5.41) is 11.9. The number of carbonyl (C=O) groups excluding carboxylic acids is 5. The molecule has 4 N–H and O–H groups in total. The van der Waals surface area contributed by atoms with Crippen LogP contribution in [0.3, 0.4) is 0 Å². The number of aliphatic carboxylic acids is 1. The van der Waals surface area contributed by atoms with Crippen molar-refractivity contribution in [2.75, 3.05) is 52.4 Å². The lowest BCUT2D eigenvalue weighted by molar-refractivity contribution is -0.131. The van der Waals surface area contributed by atoms with Crippen LogP contribution >= 0.6 is 31.9 Å². The van der Waals surface area contributed by atoms with E-state index < -0.39 is 35.1 Å². The Labute approximate surface area is 352 Å². The van der Waals surface area contributed by atoms with Gasteiger partial charge in [0, 0.05) is 95.6 Å². The van der Waals surface area contributed by atoms with Crippen molar-refractivity contribution >= 4 is 88.9 Å². The number of aromatic nitrogens is 2. The van der Waals surface area contributed by atoms with Gasteiger partial charge < -0.3 is 35.1 Å². The van der Waals surface area contributed by atoms with E-state index >= 15 is 0 Å². The number of carboxylic acid groups (broad SMARTS) is 1. The average Bonchev–Trinajstić information content (AvgIpc) is 3.94. The van der Waals surface area contributed by atoms with Crippen LogP contribution in [0.4, 0.5) is 8.78 Å². The fraction of sp³-hybridized carbons (Fsp3) is 0.190. The number of carboxylic acids is 1. The zero-order valence-corrected chi connectivity index (χ0v) is 34.3. The molecule has 0 unspecified atom stereocenters. The molecule has 0 aliphatic carbocycles. The van der Waals surface area contributed by atoms with E-state index in [2.05, 4.69) is 47.1 Å². The summed E-state index contributed by atoms with van der Waals surface area (Å²) in [6.45, 7) is 4.59. The molecule has 17 heteroatoms. The summed E-state index contributed by atoms with van der Waals surface area (Å²) >= 11 is 6.48. The quantitative estimate of drug-likeness (QED) is 0.111. The molecule has 0 bridgehead atoms. The molecule has 2 aromatic heterocycles. The van der Waals surface area contributed by atoms with Gasteiger partial charge in [0.2, 0.25) is 0 Å². The summed E-state index contributed by atoms with van der Waals surface area (Å²) < 4.78 is 28.9. The first-order valence-electron chi connectivity index (χ1n) is 18.3. The highest BCUT2D eigenvalue weighted by atomic mass is 79.9. The summed E-state index contributed by atoms with van der Waals surface area (Å²) in [5.74, 6) is -5.38. The van der Waals surface area contributed by atoms with Crippen LogP contribution in [0, 0.1) is 11.6 Å². The predicted octanol–water partition coefficient (Wildman–Crippen LogP) is 6.31. The summed E-state index contributed by atoms with van der Waals surface area (Å²) in [7, 11) is 0. The summed E-state index contributed by atoms with van der Waals surface area (Å²) in [5.41, 5.74) is 1.99. The maximum Gasteiger partial charge on any atom is 0.377 e. The molecule has 3 amide bonds. The topological polar surface area (TPSA) is 176 Å². The molecular weight excluding hydrogens is 898 g/mol. The highest BCUT2D eigenvalue weighted by Crippen LogP contribution is 2.30. The molecule has 0 atom stereocenters. The number of halogens is 4. The summed E-state index contributed by atoms with van der Waals surface area (Å²) in [6, 6.07) is 23.8. The zero-order chi connectivity index (χ0) is 42.2. The minimum atomic E-state index is -1.61. The van der Waals surface area contributed by atoms with E-state index in [1.54, 1.807) is 29.2 Å². The van der Waals surface area contributed by atoms with E-state index in [-0.39, 0.29) is 46.8 Å². The van der Waals surface area contributed by atoms with Crippen LogP contribution in [0.15, 0.2) is 106 Å². The smallest absolute Gasteiger partial charge is 0.377 e. The first kappa shape index (κ1) is 42.6. The van der Waals surface area contributed by atoms with Gasteiger partial charge in [-0.3, -0.25) is 24.0 Å². The second-order valence-electron chi connectivity index (χ2n) is 13.3. The SMILES string of the molecule is O=C(C(=O)N1CCN(C(=O)c2ccccc2)CC1)c1c[nH]c2c(Br)ccc(F)c12.O=C(O)C(=O)c1c[nH]c2c(Br)ccc(F)c12.O=C(c1ccccc1)N1CCNCC1. The molecule has 59 heavy (non-hydrogen) atoms. The lowest BCUT2D eigenvalue weighted by atomic mass is 10.1. The van der Waals surface area contributed by atoms with Gasteiger partial charge in [0.05, 0.1) is 22.2 Å². The van der Waals surface area contributed by atoms with E-state index in [0.29, 0.717) is 38.6 Å². The molecule has 0 saturated carbocycles. The monoisotopic (exact) mass is 932 g/mol. The third kappa shape index (κ3) is 9.64. The number of piperazine rings is 2. The van der Waals surface area contributed by atoms with Crippen molar-refractivity contribution in [2.45, 2.75) is 0 Å². The van der Waals surface area contributed by atoms with Crippen LogP contribution in [0.2, 0.25) is 0 Å². The van der Waals surface area contributed by atoms with Gasteiger partial charge in [-0.15, -0.1) is 0 Å². The molecule has 304 valence electrons. The third-order valence-electron chi connectivity index (χ3n) is 9.65. The number of hydrogen-bond donors (Lipinski definition) is 4. The maximum atomic E-state index is 14.3. The number of rotatable bonds is 6. The molecule has 0 radical (unpaired) electrons. The van der Waals surface area contributed by atoms with E-state index in [9.17, 15) is 37.5 Å². The fourth-order valence-electron chi connectivity index (χ4n) is 6.58. The number of ketones is 2. The van der Waals surface area contributed by atoms with Crippen LogP contribution in [-0.4, -0.2) is 117 Å². The summed E-state index contributed by atoms with van der Waals surface area (Å²) in [4.78, 5) is 82.2. The van der Waals surface area contributed by atoms with Gasteiger partial charge in [-0.25, -0.2) is 13.6 Å². The third-order valence-corrected chi connectivity index (χ3v) is 11.0. The molecule has 2 fully saturated rings. The van der Waals surface area contributed by atoms with Crippen molar-refractivity contribution in [3.8, 4) is 0 Å². The number of benzene rings is 4. The predicted molar refractivity (Wildman–Crippen MR) is 222 cm³/mol. The van der Waals surface area contributed by atoms with Gasteiger partial charge in [0.1, 0.15) is 11.6 Å². The molecule has 0 spiro atoms. The Bertz CT molecular complexity index is 2530. The molecule has 4 heterocycles. The van der Waals surface area contributed by atoms with Gasteiger partial charge in [-0.05, 0) is 80.4 Å². The van der Waals surface area contributed by atoms with Gasteiger partial charge >= 0.3 is 5.97 Å². The van der Waals surface area contributed by atoms with Gasteiger partial charge in [0.25, 0.3) is 29.3 Å². The lowest BCUT2D eigenvalue weighted by Gasteiger charge is -2.34. The van der Waals surface area contributed by atoms with Crippen LogP contribution in [-0.2, 0) is 9.59 Å². The second-order valence-corrected chi connectivity index (χ2v) is 15.0. The van der Waals surface area contributed by atoms with Gasteiger partial charge in [-0.1, -0.05) is 36.4 Å².